The summed E-state index contributed by atoms with van der Waals surface area (Å²) in [5, 5.41) is 9.68. The van der Waals surface area contributed by atoms with Crippen molar-refractivity contribution in [2.24, 2.45) is 0 Å². The molecule has 0 aliphatic carbocycles. The predicted molar refractivity (Wildman–Crippen MR) is 95.5 cm³/mol. The normalized spacial score (nSPS) is 12.6. The van der Waals surface area contributed by atoms with Crippen LogP contribution in [0.4, 0.5) is 4.79 Å². The summed E-state index contributed by atoms with van der Waals surface area (Å²) in [5.41, 5.74) is 1.91. The van der Waals surface area contributed by atoms with Crippen molar-refractivity contribution in [2.45, 2.75) is 30.8 Å². The predicted octanol–water partition coefficient (Wildman–Crippen LogP) is 2.09. The summed E-state index contributed by atoms with van der Waals surface area (Å²) in [5.74, 6) is 0. The second kappa shape index (κ2) is 8.27. The topological polar surface area (TPSA) is 87.3 Å². The van der Waals surface area contributed by atoms with E-state index in [2.05, 4.69) is 20.7 Å². The van der Waals surface area contributed by atoms with Gasteiger partial charge in [-0.2, -0.15) is 11.3 Å². The molecule has 0 saturated heterocycles. The van der Waals surface area contributed by atoms with Gasteiger partial charge < -0.3 is 10.6 Å². The van der Waals surface area contributed by atoms with Crippen LogP contribution >= 0.6 is 11.3 Å². The number of nitrogens with one attached hydrogen (secondary N) is 3. The molecule has 0 bridgehead atoms. The van der Waals surface area contributed by atoms with Crippen molar-refractivity contribution in [2.75, 3.05) is 7.05 Å². The second-order valence-electron chi connectivity index (χ2n) is 5.42. The van der Waals surface area contributed by atoms with E-state index in [1.807, 2.05) is 18.4 Å². The summed E-state index contributed by atoms with van der Waals surface area (Å²) in [6.07, 6.45) is 0.771. The third kappa shape index (κ3) is 5.33. The molecule has 0 radical (unpaired) electrons. The van der Waals surface area contributed by atoms with E-state index in [1.165, 1.54) is 18.7 Å². The molecule has 2 amide bonds. The minimum absolute atomic E-state index is 0.00982. The summed E-state index contributed by atoms with van der Waals surface area (Å²) in [4.78, 5) is 12.1. The van der Waals surface area contributed by atoms with Gasteiger partial charge in [0.1, 0.15) is 0 Å². The lowest BCUT2D eigenvalue weighted by molar-refractivity contribution is 0.237. The number of rotatable bonds is 7. The molecule has 0 aliphatic heterocycles. The van der Waals surface area contributed by atoms with Gasteiger partial charge in [-0.15, -0.1) is 0 Å². The Labute approximate surface area is 146 Å². The molecule has 24 heavy (non-hydrogen) atoms. The van der Waals surface area contributed by atoms with Gasteiger partial charge in [0.05, 0.1) is 4.90 Å². The number of hydrogen-bond acceptors (Lipinski definition) is 4. The van der Waals surface area contributed by atoms with E-state index in [4.69, 9.17) is 0 Å². The summed E-state index contributed by atoms with van der Waals surface area (Å²) in [6, 6.07) is 8.24. The lowest BCUT2D eigenvalue weighted by atomic mass is 10.1. The Hall–Kier alpha value is -1.90. The van der Waals surface area contributed by atoms with E-state index in [0.29, 0.717) is 5.56 Å². The van der Waals surface area contributed by atoms with E-state index < -0.39 is 10.0 Å². The van der Waals surface area contributed by atoms with Crippen LogP contribution < -0.4 is 15.4 Å². The average molecular weight is 367 g/mol. The first kappa shape index (κ1) is 18.4. The highest BCUT2D eigenvalue weighted by molar-refractivity contribution is 7.89. The molecule has 1 aromatic heterocycles. The molecule has 2 rings (SSSR count). The number of sulfonamides is 1. The fourth-order valence-corrected chi connectivity index (χ4v) is 3.69. The summed E-state index contributed by atoms with van der Waals surface area (Å²) in [7, 11) is -2.12. The number of hydrogen-bond donors (Lipinski definition) is 3. The van der Waals surface area contributed by atoms with Gasteiger partial charge in [0.25, 0.3) is 0 Å². The van der Waals surface area contributed by atoms with Crippen molar-refractivity contribution in [3.05, 3.63) is 52.2 Å². The molecule has 8 heteroatoms. The maximum atomic E-state index is 11.9. The Morgan fingerprint density at radius 2 is 2.04 bits per heavy atom. The van der Waals surface area contributed by atoms with E-state index in [9.17, 15) is 13.2 Å². The summed E-state index contributed by atoms with van der Waals surface area (Å²) < 4.78 is 25.8. The van der Waals surface area contributed by atoms with Crippen molar-refractivity contribution in [3.63, 3.8) is 0 Å². The zero-order valence-corrected chi connectivity index (χ0v) is 15.2. The Morgan fingerprint density at radius 1 is 1.25 bits per heavy atom. The van der Waals surface area contributed by atoms with Crippen molar-refractivity contribution < 1.29 is 13.2 Å². The summed E-state index contributed by atoms with van der Waals surface area (Å²) in [6.45, 7) is 2.20. The molecular formula is C16H21N3O3S2. The number of carbonyl (C=O) groups excluding carboxylic acids is 1. The molecule has 1 atom stereocenters. The van der Waals surface area contributed by atoms with E-state index in [1.54, 1.807) is 29.5 Å². The first-order valence-electron chi connectivity index (χ1n) is 7.48. The molecule has 0 aliphatic rings. The molecule has 1 heterocycles. The van der Waals surface area contributed by atoms with Crippen LogP contribution in [-0.2, 0) is 23.0 Å². The van der Waals surface area contributed by atoms with Crippen LogP contribution in [0.25, 0.3) is 0 Å². The number of benzene rings is 1. The monoisotopic (exact) mass is 367 g/mol. The Bertz CT molecular complexity index is 774. The first-order chi connectivity index (χ1) is 11.4. The molecule has 3 N–H and O–H groups in total. The lowest BCUT2D eigenvalue weighted by Gasteiger charge is -2.14. The van der Waals surface area contributed by atoms with Crippen LogP contribution in [-0.4, -0.2) is 27.5 Å². The molecular weight excluding hydrogens is 346 g/mol. The van der Waals surface area contributed by atoms with E-state index in [-0.39, 0.29) is 23.5 Å². The van der Waals surface area contributed by atoms with Gasteiger partial charge in [-0.25, -0.2) is 17.9 Å². The highest BCUT2D eigenvalue weighted by Crippen LogP contribution is 2.11. The maximum absolute atomic E-state index is 11.9. The molecule has 0 saturated carbocycles. The van der Waals surface area contributed by atoms with Crippen molar-refractivity contribution in [1.82, 2.24) is 15.4 Å². The average Bonchev–Trinajstić information content (AvgIpc) is 3.06. The third-order valence-corrected chi connectivity index (χ3v) is 5.57. The molecule has 1 aromatic carbocycles. The first-order valence-corrected chi connectivity index (χ1v) is 9.91. The number of thiophene rings is 1. The second-order valence-corrected chi connectivity index (χ2v) is 8.09. The van der Waals surface area contributed by atoms with Gasteiger partial charge in [-0.3, -0.25) is 0 Å². The van der Waals surface area contributed by atoms with Crippen molar-refractivity contribution >= 4 is 27.4 Å². The van der Waals surface area contributed by atoms with Crippen LogP contribution in [0.2, 0.25) is 0 Å². The van der Waals surface area contributed by atoms with Gasteiger partial charge >= 0.3 is 6.03 Å². The van der Waals surface area contributed by atoms with Crippen LogP contribution in [0, 0.1) is 0 Å². The van der Waals surface area contributed by atoms with Gasteiger partial charge in [-0.05, 0) is 60.5 Å². The van der Waals surface area contributed by atoms with Crippen LogP contribution in [0.5, 0.6) is 0 Å². The highest BCUT2D eigenvalue weighted by atomic mass is 32.2. The standard InChI is InChI=1S/C16H21N3O3S2/c1-12(8-14-6-7-23-11-14)19-16(20)18-10-13-4-3-5-15(9-13)24(21,22)17-2/h3-7,9,11-12,17H,8,10H2,1-2H3,(H2,18,19,20). The molecule has 6 nitrogen and oxygen atoms in total. The third-order valence-electron chi connectivity index (χ3n) is 3.43. The Kier molecular flexibility index (Phi) is 6.36. The van der Waals surface area contributed by atoms with Crippen molar-refractivity contribution in [3.8, 4) is 0 Å². The quantitative estimate of drug-likeness (QED) is 0.700. The molecule has 0 spiro atoms. The SMILES string of the molecule is CNS(=O)(=O)c1cccc(CNC(=O)NC(C)Cc2ccsc2)c1. The maximum Gasteiger partial charge on any atom is 0.315 e. The number of amides is 2. The van der Waals surface area contributed by atoms with Crippen molar-refractivity contribution in [1.29, 1.82) is 0 Å². The minimum Gasteiger partial charge on any atom is -0.335 e. The fraction of sp³-hybridized carbons (Fsp3) is 0.312. The van der Waals surface area contributed by atoms with E-state index >= 15 is 0 Å². The molecule has 130 valence electrons. The van der Waals surface area contributed by atoms with Crippen LogP contribution in [0.15, 0.2) is 46.0 Å². The number of urea groups is 1. The lowest BCUT2D eigenvalue weighted by Crippen LogP contribution is -2.41. The molecule has 0 fully saturated rings. The molecule has 1 unspecified atom stereocenters. The zero-order valence-electron chi connectivity index (χ0n) is 13.6. The summed E-state index contributed by atoms with van der Waals surface area (Å²) >= 11 is 1.63. The Balaban J connectivity index is 1.86. The van der Waals surface area contributed by atoms with Crippen LogP contribution in [0.1, 0.15) is 18.1 Å². The van der Waals surface area contributed by atoms with Gasteiger partial charge in [0.2, 0.25) is 10.0 Å². The zero-order chi connectivity index (χ0) is 17.6. The van der Waals surface area contributed by atoms with Gasteiger partial charge in [0, 0.05) is 12.6 Å². The van der Waals surface area contributed by atoms with Gasteiger partial charge in [-0.1, -0.05) is 12.1 Å². The molecule has 2 aromatic rings. The fourth-order valence-electron chi connectivity index (χ4n) is 2.21. The van der Waals surface area contributed by atoms with E-state index in [0.717, 1.165) is 6.42 Å². The largest absolute Gasteiger partial charge is 0.335 e. The Morgan fingerprint density at radius 3 is 2.71 bits per heavy atom. The minimum atomic E-state index is -3.48. The van der Waals surface area contributed by atoms with Gasteiger partial charge in [0.15, 0.2) is 0 Å². The van der Waals surface area contributed by atoms with Crippen LogP contribution in [0.3, 0.4) is 0 Å². The smallest absolute Gasteiger partial charge is 0.315 e. The number of carbonyl (C=O) groups is 1. The highest BCUT2D eigenvalue weighted by Gasteiger charge is 2.12.